The average molecular weight is 149 g/mol. The Hall–Kier alpha value is -1.15. The molecule has 2 nitrogen and oxygen atoms in total. The minimum Gasteiger partial charge on any atom is -0.318 e. The summed E-state index contributed by atoms with van der Waals surface area (Å²) in [5.41, 5.74) is 6.46. The van der Waals surface area contributed by atoms with Crippen molar-refractivity contribution in [2.45, 2.75) is 13.0 Å². The van der Waals surface area contributed by atoms with Gasteiger partial charge in [0, 0.05) is 0 Å². The van der Waals surface area contributed by atoms with Crippen molar-refractivity contribution < 1.29 is 4.79 Å². The van der Waals surface area contributed by atoms with Gasteiger partial charge in [0.25, 0.3) is 0 Å². The fourth-order valence-electron chi connectivity index (χ4n) is 0.895. The van der Waals surface area contributed by atoms with Crippen molar-refractivity contribution in [2.24, 2.45) is 5.73 Å². The van der Waals surface area contributed by atoms with Crippen LogP contribution in [0.25, 0.3) is 0 Å². The Morgan fingerprint density at radius 2 is 1.91 bits per heavy atom. The van der Waals surface area contributed by atoms with Crippen LogP contribution in [0, 0.1) is 0 Å². The molecule has 0 saturated heterocycles. The molecular weight excluding hydrogens is 138 g/mol. The molecule has 11 heavy (non-hydrogen) atoms. The quantitative estimate of drug-likeness (QED) is 0.688. The number of Topliss-reactive ketones (excluding diaryl/α,β-unsaturated/α-hetero) is 1. The summed E-state index contributed by atoms with van der Waals surface area (Å²) in [6.45, 7) is 1.50. The third-order valence-corrected chi connectivity index (χ3v) is 1.60. The molecule has 1 rings (SSSR count). The lowest BCUT2D eigenvalue weighted by Crippen LogP contribution is -2.18. The molecule has 0 amide bonds. The van der Waals surface area contributed by atoms with Crippen LogP contribution >= 0.6 is 0 Å². The Bertz CT molecular complexity index is 243. The number of hydrogen-bond acceptors (Lipinski definition) is 2. The second-order valence-corrected chi connectivity index (χ2v) is 2.50. The van der Waals surface area contributed by atoms with Gasteiger partial charge in [0.05, 0.1) is 6.04 Å². The van der Waals surface area contributed by atoms with Gasteiger partial charge in [0.2, 0.25) is 0 Å². The molecule has 0 heterocycles. The zero-order chi connectivity index (χ0) is 8.27. The third kappa shape index (κ3) is 1.88. The molecule has 0 aliphatic heterocycles. The van der Waals surface area contributed by atoms with E-state index in [1.807, 2.05) is 30.3 Å². The molecule has 0 fully saturated rings. The van der Waals surface area contributed by atoms with Crippen LogP contribution in [-0.2, 0) is 4.79 Å². The summed E-state index contributed by atoms with van der Waals surface area (Å²) in [5.74, 6) is -0.00352. The minimum absolute atomic E-state index is 0.00352. The van der Waals surface area contributed by atoms with Crippen LogP contribution in [0.4, 0.5) is 0 Å². The van der Waals surface area contributed by atoms with Crippen molar-refractivity contribution >= 4 is 5.78 Å². The molecule has 0 bridgehead atoms. The second kappa shape index (κ2) is 3.30. The van der Waals surface area contributed by atoms with E-state index in [0.717, 1.165) is 5.56 Å². The normalized spacial score (nSPS) is 12.5. The number of rotatable bonds is 2. The SMILES string of the molecule is CC(=O)C(N)c1ccccc1. The van der Waals surface area contributed by atoms with Crippen LogP contribution < -0.4 is 5.73 Å². The van der Waals surface area contributed by atoms with E-state index in [1.54, 1.807) is 0 Å². The first kappa shape index (κ1) is 7.95. The average Bonchev–Trinajstić information content (AvgIpc) is 2.05. The second-order valence-electron chi connectivity index (χ2n) is 2.50. The van der Waals surface area contributed by atoms with E-state index in [1.165, 1.54) is 6.92 Å². The molecular formula is C9H11NO. The topological polar surface area (TPSA) is 43.1 Å². The molecule has 58 valence electrons. The van der Waals surface area contributed by atoms with Crippen molar-refractivity contribution in [2.75, 3.05) is 0 Å². The molecule has 0 aromatic heterocycles. The highest BCUT2D eigenvalue weighted by Gasteiger charge is 2.08. The van der Waals surface area contributed by atoms with Crippen LogP contribution in [-0.4, -0.2) is 5.78 Å². The maximum Gasteiger partial charge on any atom is 0.150 e. The summed E-state index contributed by atoms with van der Waals surface area (Å²) in [7, 11) is 0. The molecule has 0 radical (unpaired) electrons. The fraction of sp³-hybridized carbons (Fsp3) is 0.222. The lowest BCUT2D eigenvalue weighted by molar-refractivity contribution is -0.118. The number of nitrogens with two attached hydrogens (primary N) is 1. The third-order valence-electron chi connectivity index (χ3n) is 1.60. The number of hydrogen-bond donors (Lipinski definition) is 1. The summed E-state index contributed by atoms with van der Waals surface area (Å²) in [4.78, 5) is 10.8. The largest absolute Gasteiger partial charge is 0.318 e. The highest BCUT2D eigenvalue weighted by atomic mass is 16.1. The van der Waals surface area contributed by atoms with Gasteiger partial charge in [0.1, 0.15) is 0 Å². The Labute approximate surface area is 66.0 Å². The predicted octanol–water partition coefficient (Wildman–Crippen LogP) is 1.28. The first-order chi connectivity index (χ1) is 5.22. The zero-order valence-corrected chi connectivity index (χ0v) is 6.45. The molecule has 1 unspecified atom stereocenters. The van der Waals surface area contributed by atoms with E-state index in [-0.39, 0.29) is 5.78 Å². The highest BCUT2D eigenvalue weighted by molar-refractivity contribution is 5.82. The fourth-order valence-corrected chi connectivity index (χ4v) is 0.895. The van der Waals surface area contributed by atoms with E-state index >= 15 is 0 Å². The molecule has 1 atom stereocenters. The predicted molar refractivity (Wildman–Crippen MR) is 44.1 cm³/mol. The molecule has 0 aliphatic rings. The number of carbonyl (C=O) groups is 1. The number of ketones is 1. The van der Waals surface area contributed by atoms with Crippen molar-refractivity contribution in [1.29, 1.82) is 0 Å². The Morgan fingerprint density at radius 3 is 2.36 bits per heavy atom. The van der Waals surface area contributed by atoms with Crippen LogP contribution in [0.1, 0.15) is 18.5 Å². The standard InChI is InChI=1S/C9H11NO/c1-7(11)9(10)8-5-3-2-4-6-8/h2-6,9H,10H2,1H3. The van der Waals surface area contributed by atoms with Gasteiger partial charge < -0.3 is 5.73 Å². The molecule has 2 N–H and O–H groups in total. The van der Waals surface area contributed by atoms with Crippen LogP contribution in [0.3, 0.4) is 0 Å². The van der Waals surface area contributed by atoms with Gasteiger partial charge in [-0.25, -0.2) is 0 Å². The summed E-state index contributed by atoms with van der Waals surface area (Å²) in [6, 6.07) is 8.89. The Morgan fingerprint density at radius 1 is 1.36 bits per heavy atom. The monoisotopic (exact) mass is 149 g/mol. The maximum absolute atomic E-state index is 10.8. The summed E-state index contributed by atoms with van der Waals surface area (Å²) >= 11 is 0. The van der Waals surface area contributed by atoms with E-state index < -0.39 is 6.04 Å². The van der Waals surface area contributed by atoms with Crippen molar-refractivity contribution in [3.8, 4) is 0 Å². The number of carbonyl (C=O) groups excluding carboxylic acids is 1. The minimum atomic E-state index is -0.462. The van der Waals surface area contributed by atoms with Gasteiger partial charge in [-0.1, -0.05) is 30.3 Å². The van der Waals surface area contributed by atoms with E-state index in [9.17, 15) is 4.79 Å². The first-order valence-corrected chi connectivity index (χ1v) is 3.53. The van der Waals surface area contributed by atoms with Gasteiger partial charge in [-0.15, -0.1) is 0 Å². The number of benzene rings is 1. The molecule has 0 saturated carbocycles. The van der Waals surface area contributed by atoms with Gasteiger partial charge in [-0.2, -0.15) is 0 Å². The Balaban J connectivity index is 2.85. The van der Waals surface area contributed by atoms with Crippen molar-refractivity contribution in [1.82, 2.24) is 0 Å². The van der Waals surface area contributed by atoms with E-state index in [0.29, 0.717) is 0 Å². The maximum atomic E-state index is 10.8. The van der Waals surface area contributed by atoms with E-state index in [2.05, 4.69) is 0 Å². The summed E-state index contributed by atoms with van der Waals surface area (Å²) in [6.07, 6.45) is 0. The molecule has 1 aromatic carbocycles. The Kier molecular flexibility index (Phi) is 2.39. The summed E-state index contributed by atoms with van der Waals surface area (Å²) < 4.78 is 0. The van der Waals surface area contributed by atoms with Crippen LogP contribution in [0.2, 0.25) is 0 Å². The molecule has 0 aliphatic carbocycles. The first-order valence-electron chi connectivity index (χ1n) is 3.53. The van der Waals surface area contributed by atoms with Crippen LogP contribution in [0.15, 0.2) is 30.3 Å². The van der Waals surface area contributed by atoms with Crippen molar-refractivity contribution in [3.05, 3.63) is 35.9 Å². The lowest BCUT2D eigenvalue weighted by atomic mass is 10.1. The van der Waals surface area contributed by atoms with Gasteiger partial charge in [-0.05, 0) is 12.5 Å². The van der Waals surface area contributed by atoms with Gasteiger partial charge >= 0.3 is 0 Å². The zero-order valence-electron chi connectivity index (χ0n) is 6.45. The molecule has 0 spiro atoms. The van der Waals surface area contributed by atoms with Crippen molar-refractivity contribution in [3.63, 3.8) is 0 Å². The molecule has 2 heteroatoms. The van der Waals surface area contributed by atoms with Gasteiger partial charge in [-0.3, -0.25) is 4.79 Å². The summed E-state index contributed by atoms with van der Waals surface area (Å²) in [5, 5.41) is 0. The lowest BCUT2D eigenvalue weighted by Gasteiger charge is -2.06. The highest BCUT2D eigenvalue weighted by Crippen LogP contribution is 2.09. The van der Waals surface area contributed by atoms with Crippen LogP contribution in [0.5, 0.6) is 0 Å². The smallest absolute Gasteiger partial charge is 0.150 e. The molecule has 1 aromatic rings. The van der Waals surface area contributed by atoms with E-state index in [4.69, 9.17) is 5.73 Å². The van der Waals surface area contributed by atoms with Gasteiger partial charge in [0.15, 0.2) is 5.78 Å².